The summed E-state index contributed by atoms with van der Waals surface area (Å²) in [6, 6.07) is 4.08. The summed E-state index contributed by atoms with van der Waals surface area (Å²) in [5, 5.41) is 8.34. The molecule has 0 saturated carbocycles. The molecule has 0 aromatic carbocycles. The second-order valence-electron chi connectivity index (χ2n) is 7.11. The second-order valence-corrected chi connectivity index (χ2v) is 8.09. The number of thiophene rings is 1. The van der Waals surface area contributed by atoms with Gasteiger partial charge in [0.2, 0.25) is 11.9 Å². The lowest BCUT2D eigenvalue weighted by molar-refractivity contribution is 0.555. The maximum absolute atomic E-state index is 4.83. The predicted octanol–water partition coefficient (Wildman–Crippen LogP) is 3.38. The van der Waals surface area contributed by atoms with Gasteiger partial charge in [-0.25, -0.2) is 5.01 Å². The molecule has 0 radical (unpaired) electrons. The first-order valence-corrected chi connectivity index (χ1v) is 10.7. The quantitative estimate of drug-likeness (QED) is 0.581. The summed E-state index contributed by atoms with van der Waals surface area (Å²) in [6.07, 6.45) is 9.24. The maximum atomic E-state index is 4.83. The Hall–Kier alpha value is -2.22. The van der Waals surface area contributed by atoms with Gasteiger partial charge in [-0.2, -0.15) is 20.1 Å². The molecular weight excluding hydrogens is 358 g/mol. The van der Waals surface area contributed by atoms with E-state index in [9.17, 15) is 0 Å². The standard InChI is InChI=1S/C19H27N7S/c1-24(20-15-16-9-8-14-27-16)17-21-18(25-10-4-2-5-11-25)23-19(22-17)26-12-6-3-7-13-26/h8-9,14-15H,2-7,10-13H2,1H3/b20-15-. The van der Waals surface area contributed by atoms with Gasteiger partial charge in [-0.1, -0.05) is 6.07 Å². The van der Waals surface area contributed by atoms with Gasteiger partial charge in [0.15, 0.2) is 0 Å². The van der Waals surface area contributed by atoms with E-state index in [0.717, 1.165) is 43.0 Å². The number of rotatable bonds is 5. The molecule has 2 saturated heterocycles. The van der Waals surface area contributed by atoms with Gasteiger partial charge in [0.05, 0.1) is 6.21 Å². The Labute approximate surface area is 164 Å². The van der Waals surface area contributed by atoms with Gasteiger partial charge in [0.1, 0.15) is 0 Å². The van der Waals surface area contributed by atoms with Crippen molar-refractivity contribution in [1.82, 2.24) is 15.0 Å². The Balaban J connectivity index is 1.61. The summed E-state index contributed by atoms with van der Waals surface area (Å²) in [5.41, 5.74) is 0. The lowest BCUT2D eigenvalue weighted by Gasteiger charge is -2.30. The molecule has 7 nitrogen and oxygen atoms in total. The zero-order valence-electron chi connectivity index (χ0n) is 15.9. The van der Waals surface area contributed by atoms with Crippen LogP contribution in [0.2, 0.25) is 0 Å². The minimum Gasteiger partial charge on any atom is -0.341 e. The minimum atomic E-state index is 0.610. The molecule has 0 unspecified atom stereocenters. The highest BCUT2D eigenvalue weighted by Crippen LogP contribution is 2.23. The largest absolute Gasteiger partial charge is 0.341 e. The third-order valence-electron chi connectivity index (χ3n) is 5.07. The van der Waals surface area contributed by atoms with E-state index in [1.165, 1.54) is 38.5 Å². The van der Waals surface area contributed by atoms with Crippen molar-refractivity contribution in [3.05, 3.63) is 22.4 Å². The monoisotopic (exact) mass is 385 g/mol. The van der Waals surface area contributed by atoms with Gasteiger partial charge >= 0.3 is 0 Å². The Morgan fingerprint density at radius 1 is 0.926 bits per heavy atom. The average Bonchev–Trinajstić information content (AvgIpc) is 3.27. The number of hydrogen-bond acceptors (Lipinski definition) is 8. The number of nitrogens with zero attached hydrogens (tertiary/aromatic N) is 7. The highest BCUT2D eigenvalue weighted by Gasteiger charge is 2.21. The Morgan fingerprint density at radius 2 is 1.52 bits per heavy atom. The summed E-state index contributed by atoms with van der Waals surface area (Å²) in [5.74, 6) is 2.19. The van der Waals surface area contributed by atoms with E-state index in [1.54, 1.807) is 16.3 Å². The summed E-state index contributed by atoms with van der Waals surface area (Å²) >= 11 is 1.67. The lowest BCUT2D eigenvalue weighted by atomic mass is 10.1. The molecule has 0 N–H and O–H groups in total. The van der Waals surface area contributed by atoms with Crippen molar-refractivity contribution >= 4 is 35.4 Å². The fourth-order valence-corrected chi connectivity index (χ4v) is 4.10. The van der Waals surface area contributed by atoms with E-state index in [0.29, 0.717) is 5.95 Å². The van der Waals surface area contributed by atoms with Crippen LogP contribution in [0.25, 0.3) is 0 Å². The molecule has 2 aromatic rings. The third kappa shape index (κ3) is 4.55. The van der Waals surface area contributed by atoms with Crippen LogP contribution in [0, 0.1) is 0 Å². The molecule has 2 aliphatic heterocycles. The zero-order chi connectivity index (χ0) is 18.5. The summed E-state index contributed by atoms with van der Waals surface area (Å²) in [6.45, 7) is 4.08. The van der Waals surface area contributed by atoms with E-state index in [1.807, 2.05) is 30.8 Å². The number of piperidine rings is 2. The molecule has 2 fully saturated rings. The third-order valence-corrected chi connectivity index (χ3v) is 5.88. The summed E-state index contributed by atoms with van der Waals surface area (Å²) in [4.78, 5) is 20.0. The van der Waals surface area contributed by atoms with Gasteiger partial charge in [0, 0.05) is 38.1 Å². The van der Waals surface area contributed by atoms with Gasteiger partial charge < -0.3 is 9.80 Å². The fourth-order valence-electron chi connectivity index (χ4n) is 3.52. The Kier molecular flexibility index (Phi) is 5.81. The van der Waals surface area contributed by atoms with Crippen LogP contribution in [0.15, 0.2) is 22.6 Å². The molecule has 0 aliphatic carbocycles. The van der Waals surface area contributed by atoms with E-state index in [-0.39, 0.29) is 0 Å². The smallest absolute Gasteiger partial charge is 0.252 e. The topological polar surface area (TPSA) is 60.8 Å². The van der Waals surface area contributed by atoms with Gasteiger partial charge in [-0.05, 0) is 50.0 Å². The van der Waals surface area contributed by atoms with Crippen LogP contribution in [-0.2, 0) is 0 Å². The number of hydrogen-bond donors (Lipinski definition) is 0. The van der Waals surface area contributed by atoms with Crippen LogP contribution in [0.5, 0.6) is 0 Å². The van der Waals surface area contributed by atoms with Crippen LogP contribution < -0.4 is 14.8 Å². The molecule has 2 aliphatic rings. The van der Waals surface area contributed by atoms with E-state index in [4.69, 9.17) is 15.0 Å². The summed E-state index contributed by atoms with van der Waals surface area (Å²) < 4.78 is 0. The molecule has 0 amide bonds. The van der Waals surface area contributed by atoms with Crippen LogP contribution in [0.3, 0.4) is 0 Å². The van der Waals surface area contributed by atoms with Crippen molar-refractivity contribution in [3.63, 3.8) is 0 Å². The Morgan fingerprint density at radius 3 is 2.04 bits per heavy atom. The first kappa shape index (κ1) is 18.2. The zero-order valence-corrected chi connectivity index (χ0v) is 16.7. The van der Waals surface area contributed by atoms with Crippen LogP contribution in [-0.4, -0.2) is 54.4 Å². The molecule has 0 atom stereocenters. The molecule has 4 heterocycles. The van der Waals surface area contributed by atoms with E-state index >= 15 is 0 Å². The second kappa shape index (κ2) is 8.65. The summed E-state index contributed by atoms with van der Waals surface area (Å²) in [7, 11) is 1.90. The molecule has 8 heteroatoms. The average molecular weight is 386 g/mol. The highest BCUT2D eigenvalue weighted by atomic mass is 32.1. The SMILES string of the molecule is CN(/N=C\c1cccs1)c1nc(N2CCCCC2)nc(N2CCCCC2)n1. The lowest BCUT2D eigenvalue weighted by Crippen LogP contribution is -2.35. The van der Waals surface area contributed by atoms with Crippen LogP contribution >= 0.6 is 11.3 Å². The van der Waals surface area contributed by atoms with Crippen LogP contribution in [0.1, 0.15) is 43.4 Å². The van der Waals surface area contributed by atoms with E-state index < -0.39 is 0 Å². The maximum Gasteiger partial charge on any atom is 0.252 e. The first-order chi connectivity index (χ1) is 13.3. The fraction of sp³-hybridized carbons (Fsp3) is 0.579. The predicted molar refractivity (Wildman–Crippen MR) is 112 cm³/mol. The van der Waals surface area contributed by atoms with Crippen molar-refractivity contribution in [3.8, 4) is 0 Å². The van der Waals surface area contributed by atoms with Crippen molar-refractivity contribution < 1.29 is 0 Å². The van der Waals surface area contributed by atoms with Crippen molar-refractivity contribution in [2.45, 2.75) is 38.5 Å². The number of anilines is 3. The molecule has 144 valence electrons. The van der Waals surface area contributed by atoms with Crippen molar-refractivity contribution in [2.75, 3.05) is 48.0 Å². The number of hydrazone groups is 1. The first-order valence-electron chi connectivity index (χ1n) is 9.87. The minimum absolute atomic E-state index is 0.610. The highest BCUT2D eigenvalue weighted by molar-refractivity contribution is 7.11. The molecule has 4 rings (SSSR count). The van der Waals surface area contributed by atoms with E-state index in [2.05, 4.69) is 14.9 Å². The normalized spacial score (nSPS) is 18.3. The Bertz CT molecular complexity index is 713. The van der Waals surface area contributed by atoms with Gasteiger partial charge in [-0.15, -0.1) is 11.3 Å². The molecule has 27 heavy (non-hydrogen) atoms. The van der Waals surface area contributed by atoms with Crippen molar-refractivity contribution in [1.29, 1.82) is 0 Å². The molecule has 0 bridgehead atoms. The van der Waals surface area contributed by atoms with Gasteiger partial charge in [-0.3, -0.25) is 0 Å². The van der Waals surface area contributed by atoms with Gasteiger partial charge in [0.25, 0.3) is 5.95 Å². The van der Waals surface area contributed by atoms with Crippen molar-refractivity contribution in [2.24, 2.45) is 5.10 Å². The molecule has 0 spiro atoms. The molecule has 2 aromatic heterocycles. The van der Waals surface area contributed by atoms with Crippen LogP contribution in [0.4, 0.5) is 17.8 Å². The molecular formula is C19H27N7S. The number of aromatic nitrogens is 3.